The number of ether oxygens (including phenoxy) is 2. The highest BCUT2D eigenvalue weighted by Gasteiger charge is 2.26. The van der Waals surface area contributed by atoms with Crippen molar-refractivity contribution in [2.75, 3.05) is 18.1 Å². The minimum absolute atomic E-state index is 0.533. The maximum absolute atomic E-state index is 6.09. The van der Waals surface area contributed by atoms with Gasteiger partial charge in [-0.15, -0.1) is 11.3 Å². The van der Waals surface area contributed by atoms with Crippen LogP contribution in [0.2, 0.25) is 0 Å². The van der Waals surface area contributed by atoms with E-state index in [0.717, 1.165) is 55.3 Å². The van der Waals surface area contributed by atoms with Crippen LogP contribution in [0.1, 0.15) is 5.82 Å². The van der Waals surface area contributed by atoms with Crippen LogP contribution in [0.25, 0.3) is 20.9 Å². The Morgan fingerprint density at radius 3 is 1.66 bits per heavy atom. The topological polar surface area (TPSA) is 47.5 Å². The van der Waals surface area contributed by atoms with Crippen molar-refractivity contribution in [3.8, 4) is 32.4 Å². The Morgan fingerprint density at radius 2 is 1.11 bits per heavy atom. The highest BCUT2D eigenvalue weighted by Crippen LogP contribution is 2.53. The second-order valence-corrected chi connectivity index (χ2v) is 9.21. The van der Waals surface area contributed by atoms with E-state index in [-0.39, 0.29) is 0 Å². The molecule has 6 rings (SSSR count). The van der Waals surface area contributed by atoms with Crippen molar-refractivity contribution in [2.45, 2.75) is 6.92 Å². The molecule has 0 N–H and O–H groups in total. The summed E-state index contributed by atoms with van der Waals surface area (Å²) in [5, 5.41) is 0. The smallest absolute Gasteiger partial charge is 0.180 e. The molecule has 0 amide bonds. The van der Waals surface area contributed by atoms with E-state index >= 15 is 0 Å². The Balaban J connectivity index is 1.41. The van der Waals surface area contributed by atoms with Gasteiger partial charge >= 0.3 is 0 Å². The summed E-state index contributed by atoms with van der Waals surface area (Å²) in [6, 6.07) is 29.4. The fraction of sp³-hybridized carbons (Fsp3) is 0.103. The van der Waals surface area contributed by atoms with Crippen molar-refractivity contribution in [1.82, 2.24) is 9.97 Å². The standard InChI is InChI=1S/C29H23N3O2S/c1-20-30-18-22(19-31-20)29-27-26(33-16-17-34-27)28(35-29)21-12-14-25(15-13-21)32(23-8-4-2-5-9-23)24-10-6-3-7-11-24/h2-15,18-19H,16-17H2,1H3. The van der Waals surface area contributed by atoms with Crippen LogP contribution >= 0.6 is 11.3 Å². The molecular weight excluding hydrogens is 454 g/mol. The van der Waals surface area contributed by atoms with Gasteiger partial charge in [-0.2, -0.15) is 0 Å². The number of thiophene rings is 1. The van der Waals surface area contributed by atoms with Crippen LogP contribution in [0.4, 0.5) is 17.1 Å². The highest BCUT2D eigenvalue weighted by molar-refractivity contribution is 7.19. The van der Waals surface area contributed by atoms with E-state index in [2.05, 4.69) is 87.7 Å². The molecule has 0 saturated heterocycles. The monoisotopic (exact) mass is 477 g/mol. The number of nitrogens with zero attached hydrogens (tertiary/aromatic N) is 3. The van der Waals surface area contributed by atoms with Crippen LogP contribution in [0, 0.1) is 6.92 Å². The fourth-order valence-electron chi connectivity index (χ4n) is 4.20. The Hall–Kier alpha value is -4.16. The molecule has 1 aliphatic heterocycles. The molecule has 0 saturated carbocycles. The summed E-state index contributed by atoms with van der Waals surface area (Å²) < 4.78 is 12.1. The van der Waals surface area contributed by atoms with Gasteiger partial charge in [0, 0.05) is 35.0 Å². The van der Waals surface area contributed by atoms with E-state index < -0.39 is 0 Å². The molecule has 3 aromatic carbocycles. The lowest BCUT2D eigenvalue weighted by molar-refractivity contribution is 0.175. The van der Waals surface area contributed by atoms with Crippen molar-refractivity contribution < 1.29 is 9.47 Å². The summed E-state index contributed by atoms with van der Waals surface area (Å²) in [4.78, 5) is 13.0. The van der Waals surface area contributed by atoms with Gasteiger partial charge in [-0.3, -0.25) is 0 Å². The number of anilines is 3. The second kappa shape index (κ2) is 9.24. The molecule has 0 aliphatic carbocycles. The highest BCUT2D eigenvalue weighted by atomic mass is 32.1. The molecule has 0 fully saturated rings. The number of aryl methyl sites for hydroxylation is 1. The number of hydrogen-bond acceptors (Lipinski definition) is 6. The largest absolute Gasteiger partial charge is 0.485 e. The molecule has 3 heterocycles. The van der Waals surface area contributed by atoms with Crippen LogP contribution in [-0.4, -0.2) is 23.2 Å². The molecule has 0 unspecified atom stereocenters. The number of hydrogen-bond donors (Lipinski definition) is 0. The van der Waals surface area contributed by atoms with E-state index in [4.69, 9.17) is 9.47 Å². The van der Waals surface area contributed by atoms with Crippen LogP contribution in [0.3, 0.4) is 0 Å². The normalized spacial score (nSPS) is 12.4. The molecule has 0 atom stereocenters. The lowest BCUT2D eigenvalue weighted by atomic mass is 10.1. The Bertz CT molecular complexity index is 1390. The van der Waals surface area contributed by atoms with Crippen molar-refractivity contribution in [1.29, 1.82) is 0 Å². The predicted octanol–water partition coefficient (Wildman–Crippen LogP) is 7.42. The average Bonchev–Trinajstić information content (AvgIpc) is 3.31. The summed E-state index contributed by atoms with van der Waals surface area (Å²) in [7, 11) is 0. The molecule has 0 radical (unpaired) electrons. The molecule has 2 aromatic heterocycles. The minimum atomic E-state index is 0.533. The SMILES string of the molecule is Cc1ncc(-c2sc(-c3ccc(N(c4ccccc4)c4ccccc4)cc3)c3c2OCCO3)cn1. The van der Waals surface area contributed by atoms with E-state index in [1.807, 2.05) is 31.5 Å². The van der Waals surface area contributed by atoms with Gasteiger partial charge in [-0.1, -0.05) is 48.5 Å². The third-order valence-corrected chi connectivity index (χ3v) is 7.11. The fourth-order valence-corrected chi connectivity index (χ4v) is 5.37. The molecule has 5 aromatic rings. The van der Waals surface area contributed by atoms with Crippen molar-refractivity contribution >= 4 is 28.4 Å². The van der Waals surface area contributed by atoms with E-state index in [1.54, 1.807) is 11.3 Å². The minimum Gasteiger partial charge on any atom is -0.485 e. The van der Waals surface area contributed by atoms with E-state index in [9.17, 15) is 0 Å². The van der Waals surface area contributed by atoms with Gasteiger partial charge < -0.3 is 14.4 Å². The first kappa shape index (κ1) is 21.4. The third kappa shape index (κ3) is 4.13. The summed E-state index contributed by atoms with van der Waals surface area (Å²) in [6.07, 6.45) is 3.69. The lowest BCUT2D eigenvalue weighted by Crippen LogP contribution is -2.14. The average molecular weight is 478 g/mol. The molecular formula is C29H23N3O2S. The number of aromatic nitrogens is 2. The van der Waals surface area contributed by atoms with Gasteiger partial charge in [-0.25, -0.2) is 9.97 Å². The van der Waals surface area contributed by atoms with Crippen LogP contribution in [-0.2, 0) is 0 Å². The summed E-state index contributed by atoms with van der Waals surface area (Å²) in [5.74, 6) is 2.32. The van der Waals surface area contributed by atoms with Crippen molar-refractivity contribution in [2.24, 2.45) is 0 Å². The lowest BCUT2D eigenvalue weighted by Gasteiger charge is -2.25. The van der Waals surface area contributed by atoms with Crippen molar-refractivity contribution in [3.63, 3.8) is 0 Å². The van der Waals surface area contributed by atoms with Gasteiger partial charge in [0.25, 0.3) is 0 Å². The van der Waals surface area contributed by atoms with Crippen LogP contribution in [0.5, 0.6) is 11.5 Å². The number of rotatable bonds is 5. The van der Waals surface area contributed by atoms with Gasteiger partial charge in [0.2, 0.25) is 0 Å². The zero-order valence-corrected chi connectivity index (χ0v) is 20.0. The van der Waals surface area contributed by atoms with Crippen LogP contribution in [0.15, 0.2) is 97.3 Å². The molecule has 172 valence electrons. The second-order valence-electron chi connectivity index (χ2n) is 8.19. The zero-order valence-electron chi connectivity index (χ0n) is 19.2. The van der Waals surface area contributed by atoms with Gasteiger partial charge in [0.15, 0.2) is 11.5 Å². The maximum Gasteiger partial charge on any atom is 0.180 e. The Kier molecular flexibility index (Phi) is 5.64. The Morgan fingerprint density at radius 1 is 0.629 bits per heavy atom. The molecule has 0 bridgehead atoms. The predicted molar refractivity (Wildman–Crippen MR) is 141 cm³/mol. The number of fused-ring (bicyclic) bond motifs is 1. The summed E-state index contributed by atoms with van der Waals surface area (Å²) >= 11 is 1.65. The zero-order chi connectivity index (χ0) is 23.6. The molecule has 1 aliphatic rings. The van der Waals surface area contributed by atoms with Crippen LogP contribution < -0.4 is 14.4 Å². The quantitative estimate of drug-likeness (QED) is 0.264. The van der Waals surface area contributed by atoms with Gasteiger partial charge in [0.1, 0.15) is 19.0 Å². The first-order chi connectivity index (χ1) is 17.3. The van der Waals surface area contributed by atoms with E-state index in [1.165, 1.54) is 0 Å². The molecule has 0 spiro atoms. The number of para-hydroxylation sites is 2. The molecule has 6 heteroatoms. The molecule has 35 heavy (non-hydrogen) atoms. The van der Waals surface area contributed by atoms with Crippen molar-refractivity contribution in [3.05, 3.63) is 103 Å². The first-order valence-corrected chi connectivity index (χ1v) is 12.3. The first-order valence-electron chi connectivity index (χ1n) is 11.5. The molecule has 5 nitrogen and oxygen atoms in total. The van der Waals surface area contributed by atoms with Gasteiger partial charge in [0.05, 0.1) is 9.75 Å². The maximum atomic E-state index is 6.09. The Labute approximate surface area is 208 Å². The third-order valence-electron chi connectivity index (χ3n) is 5.86. The summed E-state index contributed by atoms with van der Waals surface area (Å²) in [5.41, 5.74) is 5.32. The van der Waals surface area contributed by atoms with E-state index in [0.29, 0.717) is 13.2 Å². The van der Waals surface area contributed by atoms with Gasteiger partial charge in [-0.05, 0) is 48.9 Å². The number of benzene rings is 3. The summed E-state index contributed by atoms with van der Waals surface area (Å²) in [6.45, 7) is 2.95.